The molecular weight excluding hydrogens is 447 g/mol. The normalized spacial score (nSPS) is 11.2. The van der Waals surface area contributed by atoms with Crippen LogP contribution in [0.15, 0.2) is 16.9 Å². The molecule has 0 amide bonds. The van der Waals surface area contributed by atoms with E-state index >= 15 is 0 Å². The zero-order chi connectivity index (χ0) is 21.2. The summed E-state index contributed by atoms with van der Waals surface area (Å²) in [7, 11) is 5.15. The maximum absolute atomic E-state index is 13.7. The number of pyridine rings is 1. The molecule has 1 aromatic carbocycles. The van der Waals surface area contributed by atoms with Crippen molar-refractivity contribution in [3.63, 3.8) is 0 Å². The summed E-state index contributed by atoms with van der Waals surface area (Å²) in [4.78, 5) is 16.9. The average Bonchev–Trinajstić information content (AvgIpc) is 2.64. The van der Waals surface area contributed by atoms with Gasteiger partial charge in [0.2, 0.25) is 11.5 Å². The number of nitrogens with zero attached hydrogens (tertiary/aromatic N) is 1. The third kappa shape index (κ3) is 3.73. The van der Waals surface area contributed by atoms with Gasteiger partial charge in [0, 0.05) is 0 Å². The van der Waals surface area contributed by atoms with Crippen LogP contribution in [0.4, 0.5) is 13.2 Å². The van der Waals surface area contributed by atoms with Crippen molar-refractivity contribution in [3.05, 3.63) is 39.1 Å². The molecule has 0 aliphatic rings. The summed E-state index contributed by atoms with van der Waals surface area (Å²) in [6.07, 6.45) is -3.82. The van der Waals surface area contributed by atoms with Gasteiger partial charge in [0.1, 0.15) is 15.9 Å². The van der Waals surface area contributed by atoms with Crippen LogP contribution in [0.3, 0.4) is 0 Å². The van der Waals surface area contributed by atoms with E-state index in [0.29, 0.717) is 5.56 Å². The van der Waals surface area contributed by atoms with Crippen molar-refractivity contribution < 1.29 is 36.9 Å². The Morgan fingerprint density at radius 2 is 1.54 bits per heavy atom. The van der Waals surface area contributed by atoms with Gasteiger partial charge in [0.05, 0.1) is 45.8 Å². The van der Waals surface area contributed by atoms with E-state index in [1.807, 2.05) is 0 Å². The maximum atomic E-state index is 13.7. The van der Waals surface area contributed by atoms with Crippen molar-refractivity contribution in [3.8, 4) is 23.0 Å². The fourth-order valence-corrected chi connectivity index (χ4v) is 3.32. The molecule has 1 aromatic heterocycles. The molecule has 6 nitrogen and oxygen atoms in total. The van der Waals surface area contributed by atoms with Crippen molar-refractivity contribution in [2.45, 2.75) is 13.1 Å². The minimum absolute atomic E-state index is 0.0486. The van der Waals surface area contributed by atoms with Gasteiger partial charge in [-0.3, -0.25) is 4.79 Å². The summed E-state index contributed by atoms with van der Waals surface area (Å²) in [5.74, 6) is -0.973. The highest BCUT2D eigenvalue weighted by Crippen LogP contribution is 2.46. The summed E-state index contributed by atoms with van der Waals surface area (Å²) in [6.45, 7) is 1.55. The Hall–Kier alpha value is -2.49. The molecular formula is C18H17BrF3NO5. The van der Waals surface area contributed by atoms with Gasteiger partial charge in [-0.15, -0.1) is 0 Å². The van der Waals surface area contributed by atoms with Gasteiger partial charge >= 0.3 is 6.18 Å². The van der Waals surface area contributed by atoms with Gasteiger partial charge < -0.3 is 18.9 Å². The minimum atomic E-state index is -4.86. The minimum Gasteiger partial charge on any atom is -0.494 e. The first-order valence-corrected chi connectivity index (χ1v) is 8.55. The van der Waals surface area contributed by atoms with E-state index in [1.54, 1.807) is 6.92 Å². The largest absolute Gasteiger partial charge is 0.494 e. The molecule has 0 aliphatic carbocycles. The fraction of sp³-hybridized carbons (Fsp3) is 0.333. The van der Waals surface area contributed by atoms with E-state index < -0.39 is 27.7 Å². The van der Waals surface area contributed by atoms with Gasteiger partial charge in [0.25, 0.3) is 0 Å². The van der Waals surface area contributed by atoms with E-state index in [0.717, 1.165) is 13.3 Å². The summed E-state index contributed by atoms with van der Waals surface area (Å²) in [6, 6.07) is 1.48. The maximum Gasteiger partial charge on any atom is 0.419 e. The number of alkyl halides is 3. The molecule has 0 unspecified atom stereocenters. The summed E-state index contributed by atoms with van der Waals surface area (Å²) >= 11 is 2.78. The van der Waals surface area contributed by atoms with Crippen molar-refractivity contribution in [2.75, 3.05) is 28.4 Å². The average molecular weight is 464 g/mol. The molecule has 0 spiro atoms. The highest BCUT2D eigenvalue weighted by molar-refractivity contribution is 9.10. The zero-order valence-corrected chi connectivity index (χ0v) is 17.2. The predicted octanol–water partition coefficient (Wildman–Crippen LogP) is 4.44. The first kappa shape index (κ1) is 21.8. The van der Waals surface area contributed by atoms with Gasteiger partial charge in [-0.05, 0) is 34.5 Å². The van der Waals surface area contributed by atoms with Gasteiger partial charge in [0.15, 0.2) is 11.5 Å². The number of ether oxygens (including phenoxy) is 4. The van der Waals surface area contributed by atoms with Crippen molar-refractivity contribution in [1.29, 1.82) is 0 Å². The molecule has 0 bridgehead atoms. The number of carbonyl (C=O) groups excluding carboxylic acids is 1. The lowest BCUT2D eigenvalue weighted by Gasteiger charge is -2.20. The topological polar surface area (TPSA) is 66.9 Å². The van der Waals surface area contributed by atoms with Crippen LogP contribution in [0.1, 0.15) is 27.0 Å². The second-order valence-electron chi connectivity index (χ2n) is 5.53. The third-order valence-corrected chi connectivity index (χ3v) is 4.58. The van der Waals surface area contributed by atoms with Crippen molar-refractivity contribution >= 4 is 21.7 Å². The number of methoxy groups -OCH3 is 4. The number of halogens is 4. The second kappa shape index (κ2) is 8.26. The van der Waals surface area contributed by atoms with E-state index in [4.69, 9.17) is 18.9 Å². The Kier molecular flexibility index (Phi) is 6.43. The molecule has 28 heavy (non-hydrogen) atoms. The van der Waals surface area contributed by atoms with E-state index in [-0.39, 0.29) is 28.6 Å². The number of aryl methyl sites for hydroxylation is 1. The van der Waals surface area contributed by atoms with Crippen molar-refractivity contribution in [2.24, 2.45) is 0 Å². The monoisotopic (exact) mass is 463 g/mol. The van der Waals surface area contributed by atoms with Gasteiger partial charge in [-0.25, -0.2) is 4.98 Å². The summed E-state index contributed by atoms with van der Waals surface area (Å²) in [5.41, 5.74) is -1.71. The van der Waals surface area contributed by atoms with Crippen LogP contribution in [-0.2, 0) is 6.18 Å². The molecule has 2 aromatic rings. The summed E-state index contributed by atoms with van der Waals surface area (Å²) in [5, 5.41) is 0. The van der Waals surface area contributed by atoms with Gasteiger partial charge in [-0.2, -0.15) is 13.2 Å². The standard InChI is InChI=1S/C18H17BrF3NO5/c1-8-6-9(25-2)15(27-4)16(28-5)11(8)14(24)12-10(26-3)7-23-17(19)13(12)18(20,21)22/h6-7H,1-5H3. The Balaban J connectivity index is 2.90. The molecule has 10 heteroatoms. The molecule has 0 atom stereocenters. The lowest BCUT2D eigenvalue weighted by Crippen LogP contribution is -2.18. The lowest BCUT2D eigenvalue weighted by molar-refractivity contribution is -0.138. The van der Waals surface area contributed by atoms with Crippen LogP contribution in [0.5, 0.6) is 23.0 Å². The number of aromatic nitrogens is 1. The Bertz CT molecular complexity index is 915. The van der Waals surface area contributed by atoms with Gasteiger partial charge in [-0.1, -0.05) is 0 Å². The van der Waals surface area contributed by atoms with Crippen LogP contribution in [-0.4, -0.2) is 39.2 Å². The fourth-order valence-electron chi connectivity index (χ4n) is 2.80. The number of hydrogen-bond donors (Lipinski definition) is 0. The molecule has 2 rings (SSSR count). The van der Waals surface area contributed by atoms with E-state index in [1.165, 1.54) is 27.4 Å². The molecule has 0 saturated heterocycles. The smallest absolute Gasteiger partial charge is 0.419 e. The number of rotatable bonds is 6. The van der Waals surface area contributed by atoms with E-state index in [9.17, 15) is 18.0 Å². The molecule has 0 radical (unpaired) electrons. The predicted molar refractivity (Wildman–Crippen MR) is 97.8 cm³/mol. The molecule has 1 heterocycles. The highest BCUT2D eigenvalue weighted by Gasteiger charge is 2.41. The Morgan fingerprint density at radius 1 is 0.964 bits per heavy atom. The quantitative estimate of drug-likeness (QED) is 0.466. The first-order chi connectivity index (χ1) is 13.1. The molecule has 0 N–H and O–H groups in total. The highest BCUT2D eigenvalue weighted by atomic mass is 79.9. The van der Waals surface area contributed by atoms with Crippen LogP contribution >= 0.6 is 15.9 Å². The first-order valence-electron chi connectivity index (χ1n) is 7.76. The third-order valence-electron chi connectivity index (χ3n) is 3.98. The molecule has 0 aliphatic heterocycles. The second-order valence-corrected chi connectivity index (χ2v) is 6.28. The van der Waals surface area contributed by atoms with Crippen LogP contribution in [0, 0.1) is 6.92 Å². The summed E-state index contributed by atoms with van der Waals surface area (Å²) < 4.78 is 61.3. The van der Waals surface area contributed by atoms with Crippen LogP contribution < -0.4 is 18.9 Å². The molecule has 0 fully saturated rings. The lowest BCUT2D eigenvalue weighted by atomic mass is 9.94. The molecule has 152 valence electrons. The molecule has 0 saturated carbocycles. The SMILES string of the molecule is COc1cc(C)c(C(=O)c2c(OC)cnc(Br)c2C(F)(F)F)c(OC)c1OC. The Morgan fingerprint density at radius 3 is 2.00 bits per heavy atom. The van der Waals surface area contributed by atoms with E-state index in [2.05, 4.69) is 20.9 Å². The van der Waals surface area contributed by atoms with Crippen LogP contribution in [0.2, 0.25) is 0 Å². The van der Waals surface area contributed by atoms with Crippen LogP contribution in [0.25, 0.3) is 0 Å². The zero-order valence-electron chi connectivity index (χ0n) is 15.7. The van der Waals surface area contributed by atoms with Crippen molar-refractivity contribution in [1.82, 2.24) is 4.98 Å². The number of carbonyl (C=O) groups is 1. The number of benzene rings is 1. The Labute approximate surface area is 167 Å². The number of ketones is 1. The number of hydrogen-bond acceptors (Lipinski definition) is 6.